The Labute approximate surface area is 118 Å². The van der Waals surface area contributed by atoms with Crippen molar-refractivity contribution in [1.29, 1.82) is 0 Å². The van der Waals surface area contributed by atoms with E-state index in [1.807, 2.05) is 0 Å². The van der Waals surface area contributed by atoms with Crippen molar-refractivity contribution >= 4 is 23.1 Å². The molecule has 0 radical (unpaired) electrons. The van der Waals surface area contributed by atoms with E-state index in [9.17, 15) is 18.9 Å². The smallest absolute Gasteiger partial charge is 0.323 e. The van der Waals surface area contributed by atoms with Crippen molar-refractivity contribution in [3.63, 3.8) is 0 Å². The Hall–Kier alpha value is -1.29. The van der Waals surface area contributed by atoms with Gasteiger partial charge in [-0.15, -0.1) is 0 Å². The monoisotopic (exact) mass is 306 g/mol. The maximum Gasteiger partial charge on any atom is 0.323 e. The maximum absolute atomic E-state index is 11.8. The molecule has 0 aromatic rings. The molecule has 1 saturated heterocycles. The van der Waals surface area contributed by atoms with Gasteiger partial charge in [-0.3, -0.25) is 13.9 Å². The first kappa shape index (κ1) is 16.8. The van der Waals surface area contributed by atoms with Gasteiger partial charge >= 0.3 is 6.03 Å². The lowest BCUT2D eigenvalue weighted by atomic mass is 10.2. The lowest BCUT2D eigenvalue weighted by Gasteiger charge is -2.28. The second-order valence-electron chi connectivity index (χ2n) is 4.14. The summed E-state index contributed by atoms with van der Waals surface area (Å²) in [5, 5.41) is 20.6. The predicted octanol–water partition coefficient (Wildman–Crippen LogP) is -1.83. The van der Waals surface area contributed by atoms with Gasteiger partial charge in [-0.2, -0.15) is 0 Å². The average Bonchev–Trinajstić information content (AvgIpc) is 2.75. The Bertz CT molecular complexity index is 416. The zero-order valence-electron chi connectivity index (χ0n) is 11.1. The van der Waals surface area contributed by atoms with E-state index >= 15 is 0 Å². The third-order valence-electron chi connectivity index (χ3n) is 2.92. The van der Waals surface area contributed by atoms with E-state index in [-0.39, 0.29) is 0 Å². The van der Waals surface area contributed by atoms with Crippen molar-refractivity contribution in [2.75, 3.05) is 19.9 Å². The summed E-state index contributed by atoms with van der Waals surface area (Å²) in [5.41, 5.74) is 0. The van der Waals surface area contributed by atoms with Crippen molar-refractivity contribution < 1.29 is 28.7 Å². The number of ether oxygens (including phenoxy) is 1. The van der Waals surface area contributed by atoms with Gasteiger partial charge in [-0.05, 0) is 6.08 Å². The summed E-state index contributed by atoms with van der Waals surface area (Å²) in [5.74, 6) is 0. The molecule has 20 heavy (non-hydrogen) atoms. The summed E-state index contributed by atoms with van der Waals surface area (Å²) in [4.78, 5) is 23.2. The minimum atomic E-state index is -1.50. The highest BCUT2D eigenvalue weighted by atomic mass is 32.2. The zero-order chi connectivity index (χ0) is 15.3. The van der Waals surface area contributed by atoms with E-state index in [2.05, 4.69) is 5.32 Å². The third kappa shape index (κ3) is 3.42. The number of hydrogen-bond acceptors (Lipinski definition) is 6. The quantitative estimate of drug-likeness (QED) is 0.406. The fraction of sp³-hybridized carbons (Fsp3) is 0.636. The molecular formula is C11H18N2O6S. The molecule has 5 atom stereocenters. The van der Waals surface area contributed by atoms with Gasteiger partial charge in [0.1, 0.15) is 23.7 Å². The van der Waals surface area contributed by atoms with E-state index in [1.165, 1.54) is 19.5 Å². The predicted molar refractivity (Wildman–Crippen MR) is 71.1 cm³/mol. The SMILES string of the molecule is CNC(=O)N(/C=C\C=O)[C@@H]1O[C@H](CO)[C@@H](O)[C@H]1S(C)=O. The Morgan fingerprint density at radius 1 is 1.55 bits per heavy atom. The van der Waals surface area contributed by atoms with Crippen LogP contribution in [-0.2, 0) is 20.3 Å². The van der Waals surface area contributed by atoms with Crippen LogP contribution < -0.4 is 5.32 Å². The van der Waals surface area contributed by atoms with Crippen LogP contribution in [0, 0.1) is 0 Å². The minimum Gasteiger partial charge on any atom is -0.394 e. The first-order chi connectivity index (χ1) is 9.47. The number of nitrogens with one attached hydrogen (secondary N) is 1. The molecule has 0 aliphatic carbocycles. The van der Waals surface area contributed by atoms with E-state index in [0.29, 0.717) is 6.29 Å². The summed E-state index contributed by atoms with van der Waals surface area (Å²) < 4.78 is 17.1. The van der Waals surface area contributed by atoms with Crippen LogP contribution in [0.15, 0.2) is 12.3 Å². The normalized spacial score (nSPS) is 31.2. The average molecular weight is 306 g/mol. The molecular weight excluding hydrogens is 288 g/mol. The molecule has 2 amide bonds. The first-order valence-corrected chi connectivity index (χ1v) is 7.48. The van der Waals surface area contributed by atoms with E-state index in [1.54, 1.807) is 0 Å². The van der Waals surface area contributed by atoms with Crippen LogP contribution in [0.25, 0.3) is 0 Å². The van der Waals surface area contributed by atoms with Crippen LogP contribution in [0.1, 0.15) is 0 Å². The Balaban J connectivity index is 3.09. The molecule has 9 heteroatoms. The third-order valence-corrected chi connectivity index (χ3v) is 4.20. The van der Waals surface area contributed by atoms with Gasteiger partial charge in [0.05, 0.1) is 6.61 Å². The molecule has 8 nitrogen and oxygen atoms in total. The molecule has 0 aromatic carbocycles. The summed E-state index contributed by atoms with van der Waals surface area (Å²) in [6.45, 7) is -0.468. The number of aldehydes is 1. The van der Waals surface area contributed by atoms with Gasteiger partial charge in [-0.25, -0.2) is 4.79 Å². The van der Waals surface area contributed by atoms with Gasteiger partial charge in [0.2, 0.25) is 0 Å². The molecule has 114 valence electrons. The van der Waals surface area contributed by atoms with Gasteiger partial charge in [0.15, 0.2) is 6.23 Å². The van der Waals surface area contributed by atoms with Crippen molar-refractivity contribution in [3.8, 4) is 0 Å². The van der Waals surface area contributed by atoms with Crippen LogP contribution in [0.3, 0.4) is 0 Å². The molecule has 1 unspecified atom stereocenters. The van der Waals surface area contributed by atoms with E-state index in [0.717, 1.165) is 11.0 Å². The topological polar surface area (TPSA) is 116 Å². The van der Waals surface area contributed by atoms with Crippen LogP contribution in [-0.4, -0.2) is 75.2 Å². The van der Waals surface area contributed by atoms with Crippen LogP contribution in [0.2, 0.25) is 0 Å². The van der Waals surface area contributed by atoms with E-state index < -0.39 is 47.1 Å². The van der Waals surface area contributed by atoms with Crippen LogP contribution in [0.4, 0.5) is 4.79 Å². The molecule has 0 aromatic heterocycles. The number of hydrogen-bond donors (Lipinski definition) is 3. The number of nitrogens with zero attached hydrogens (tertiary/aromatic N) is 1. The number of urea groups is 1. The molecule has 1 aliphatic rings. The fourth-order valence-electron chi connectivity index (χ4n) is 1.98. The molecule has 3 N–H and O–H groups in total. The van der Waals surface area contributed by atoms with Gasteiger partial charge in [0.25, 0.3) is 0 Å². The van der Waals surface area contributed by atoms with Gasteiger partial charge < -0.3 is 20.3 Å². The summed E-state index contributed by atoms with van der Waals surface area (Å²) in [6.07, 6.45) is 0.941. The summed E-state index contributed by atoms with van der Waals surface area (Å²) >= 11 is 0. The maximum atomic E-state index is 11.8. The molecule has 1 rings (SSSR count). The summed E-state index contributed by atoms with van der Waals surface area (Å²) in [7, 11) is -0.112. The Kier molecular flexibility index (Phi) is 6.27. The number of allylic oxidation sites excluding steroid dienone is 1. The Morgan fingerprint density at radius 3 is 2.65 bits per heavy atom. The number of aliphatic hydroxyl groups is 2. The Morgan fingerprint density at radius 2 is 2.20 bits per heavy atom. The summed E-state index contributed by atoms with van der Waals surface area (Å²) in [6, 6.07) is -0.589. The highest BCUT2D eigenvalue weighted by Crippen LogP contribution is 2.27. The van der Waals surface area contributed by atoms with Crippen LogP contribution >= 0.6 is 0 Å². The molecule has 1 heterocycles. The molecule has 0 saturated carbocycles. The van der Waals surface area contributed by atoms with Crippen molar-refractivity contribution in [2.24, 2.45) is 0 Å². The second kappa shape index (κ2) is 7.48. The van der Waals surface area contributed by atoms with Gasteiger partial charge in [-0.1, -0.05) is 0 Å². The fourth-order valence-corrected chi connectivity index (χ4v) is 3.07. The minimum absolute atomic E-state index is 0.468. The molecule has 1 aliphatic heterocycles. The molecule has 0 bridgehead atoms. The van der Waals surface area contributed by atoms with Crippen molar-refractivity contribution in [1.82, 2.24) is 10.2 Å². The van der Waals surface area contributed by atoms with Crippen LogP contribution in [0.5, 0.6) is 0 Å². The zero-order valence-corrected chi connectivity index (χ0v) is 11.9. The molecule has 1 fully saturated rings. The second-order valence-corrected chi connectivity index (χ2v) is 5.68. The number of aliphatic hydroxyl groups excluding tert-OH is 2. The molecule has 0 spiro atoms. The number of carbonyl (C=O) groups is 2. The van der Waals surface area contributed by atoms with Crippen molar-refractivity contribution in [2.45, 2.75) is 23.7 Å². The lowest BCUT2D eigenvalue weighted by Crippen LogP contribution is -2.49. The number of rotatable bonds is 5. The lowest BCUT2D eigenvalue weighted by molar-refractivity contribution is -0.104. The highest BCUT2D eigenvalue weighted by molar-refractivity contribution is 7.85. The number of amides is 2. The largest absolute Gasteiger partial charge is 0.394 e. The highest BCUT2D eigenvalue weighted by Gasteiger charge is 2.49. The standard InChI is InChI=1S/C11H18N2O6S/c1-12-11(17)13(4-3-5-14)10-9(20(2)18)8(16)7(6-15)19-10/h3-5,7-10,15-16H,6H2,1-2H3,(H,12,17)/b4-3-/t7-,8-,9-,10-,20?/m1/s1. The first-order valence-electron chi connectivity index (χ1n) is 5.86. The van der Waals surface area contributed by atoms with E-state index in [4.69, 9.17) is 9.84 Å². The van der Waals surface area contributed by atoms with Gasteiger partial charge in [0, 0.05) is 30.3 Å². The number of carbonyl (C=O) groups excluding carboxylic acids is 2. The van der Waals surface area contributed by atoms with Crippen molar-refractivity contribution in [3.05, 3.63) is 12.3 Å².